The Kier molecular flexibility index (Phi) is 12.5. The van der Waals surface area contributed by atoms with Crippen molar-refractivity contribution in [1.29, 1.82) is 0 Å². The van der Waals surface area contributed by atoms with Crippen molar-refractivity contribution in [3.05, 3.63) is 4.13 Å². The summed E-state index contributed by atoms with van der Waals surface area (Å²) in [6.45, 7) is 8.63. The van der Waals surface area contributed by atoms with Gasteiger partial charge < -0.3 is 21.9 Å². The number of quaternary nitrogens is 1. The Morgan fingerprint density at radius 1 is 0.882 bits per heavy atom. The quantitative estimate of drug-likeness (QED) is 0.212. The van der Waals surface area contributed by atoms with E-state index in [0.717, 1.165) is 22.6 Å². The summed E-state index contributed by atoms with van der Waals surface area (Å²) in [5.74, 6) is 0. The number of sulfonamides is 2. The third-order valence-corrected chi connectivity index (χ3v) is 11.4. The standard InChI is InChI=1S/C14H32NO3Si.C2F6NO4S2/c1-6-14(2)15(10-7-8-11-15)12-9-13-19(16-3,17-4)18-5;3-1(4,5)14(10,11)9-15(12,13)2(6,7)8/h14H,6-13H2,1-5H3;/q+1;-1. The average Bonchev–Trinajstić information content (AvgIpc) is 3.19. The van der Waals surface area contributed by atoms with Gasteiger partial charge in [0.2, 0.25) is 0 Å². The number of likely N-dealkylation sites (tertiary alicyclic amines) is 1. The summed E-state index contributed by atoms with van der Waals surface area (Å²) >= 11 is 0. The van der Waals surface area contributed by atoms with Crippen LogP contribution in [0.4, 0.5) is 26.3 Å². The first-order chi connectivity index (χ1) is 15.3. The molecule has 0 bridgehead atoms. The molecule has 206 valence electrons. The van der Waals surface area contributed by atoms with E-state index >= 15 is 0 Å². The maximum absolute atomic E-state index is 11.4. The van der Waals surface area contributed by atoms with Gasteiger partial charge in [-0.3, -0.25) is 0 Å². The Morgan fingerprint density at radius 2 is 1.26 bits per heavy atom. The summed E-state index contributed by atoms with van der Waals surface area (Å²) < 4.78 is 127. The molecule has 0 radical (unpaired) electrons. The van der Waals surface area contributed by atoms with Gasteiger partial charge in [0, 0.05) is 46.6 Å². The van der Waals surface area contributed by atoms with Gasteiger partial charge in [-0.15, -0.1) is 0 Å². The van der Waals surface area contributed by atoms with E-state index in [2.05, 4.69) is 13.8 Å². The van der Waals surface area contributed by atoms with E-state index < -0.39 is 39.9 Å². The molecule has 1 aliphatic rings. The second-order valence-electron chi connectivity index (χ2n) is 7.67. The van der Waals surface area contributed by atoms with Gasteiger partial charge in [-0.05, 0) is 13.3 Å². The van der Waals surface area contributed by atoms with Crippen LogP contribution in [0.2, 0.25) is 6.04 Å². The molecule has 1 unspecified atom stereocenters. The molecule has 0 N–H and O–H groups in total. The molecule has 1 rings (SSSR count). The number of hydrogen-bond donors (Lipinski definition) is 0. The van der Waals surface area contributed by atoms with Crippen LogP contribution in [0.1, 0.15) is 39.5 Å². The summed E-state index contributed by atoms with van der Waals surface area (Å²) in [6.07, 6.45) is 5.16. The fourth-order valence-corrected chi connectivity index (χ4v) is 7.03. The van der Waals surface area contributed by atoms with Crippen LogP contribution in [0.15, 0.2) is 0 Å². The molecule has 0 amide bonds. The van der Waals surface area contributed by atoms with Crippen molar-refractivity contribution in [2.45, 2.75) is 62.6 Å². The van der Waals surface area contributed by atoms with E-state index in [4.69, 9.17) is 13.3 Å². The minimum atomic E-state index is -6.72. The first kappa shape index (κ1) is 33.5. The van der Waals surface area contributed by atoms with E-state index in [0.29, 0.717) is 0 Å². The molecule has 34 heavy (non-hydrogen) atoms. The number of nitrogens with zero attached hydrogens (tertiary/aromatic N) is 2. The highest BCUT2D eigenvalue weighted by Crippen LogP contribution is 2.36. The summed E-state index contributed by atoms with van der Waals surface area (Å²) in [5.41, 5.74) is -12.4. The van der Waals surface area contributed by atoms with Crippen molar-refractivity contribution in [2.24, 2.45) is 0 Å². The van der Waals surface area contributed by atoms with Crippen LogP contribution in [-0.2, 0) is 33.3 Å². The Bertz CT molecular complexity index is 778. The fraction of sp³-hybridized carbons (Fsp3) is 1.00. The Labute approximate surface area is 197 Å². The van der Waals surface area contributed by atoms with Gasteiger partial charge in [-0.25, -0.2) is 16.8 Å². The Hall–Kier alpha value is -0.503. The molecule has 0 spiro atoms. The number of rotatable bonds is 11. The van der Waals surface area contributed by atoms with Crippen molar-refractivity contribution in [3.8, 4) is 0 Å². The lowest BCUT2D eigenvalue weighted by molar-refractivity contribution is -0.938. The average molecular weight is 571 g/mol. The van der Waals surface area contributed by atoms with Crippen LogP contribution < -0.4 is 0 Å². The molecule has 1 fully saturated rings. The van der Waals surface area contributed by atoms with Gasteiger partial charge in [0.05, 0.1) is 25.7 Å². The summed E-state index contributed by atoms with van der Waals surface area (Å²) in [7, 11) is -10.7. The van der Waals surface area contributed by atoms with Crippen LogP contribution in [0, 0.1) is 0 Å². The predicted octanol–water partition coefficient (Wildman–Crippen LogP) is 3.72. The fourth-order valence-electron chi connectivity index (χ4n) is 3.62. The highest BCUT2D eigenvalue weighted by molar-refractivity contribution is 8.13. The maximum atomic E-state index is 11.4. The number of hydrogen-bond acceptors (Lipinski definition) is 7. The van der Waals surface area contributed by atoms with E-state index in [9.17, 15) is 43.2 Å². The van der Waals surface area contributed by atoms with E-state index in [-0.39, 0.29) is 0 Å². The van der Waals surface area contributed by atoms with Gasteiger partial charge in [0.1, 0.15) is 0 Å². The molecular weight excluding hydrogens is 538 g/mol. The Morgan fingerprint density at radius 3 is 1.56 bits per heavy atom. The van der Waals surface area contributed by atoms with E-state index in [1.54, 1.807) is 21.3 Å². The summed E-state index contributed by atoms with van der Waals surface area (Å²) in [4.78, 5) is 0. The molecule has 9 nitrogen and oxygen atoms in total. The van der Waals surface area contributed by atoms with Crippen molar-refractivity contribution >= 4 is 28.9 Å². The molecule has 1 atom stereocenters. The molecule has 1 saturated heterocycles. The molecule has 1 heterocycles. The van der Waals surface area contributed by atoms with Gasteiger partial charge in [-0.1, -0.05) is 6.92 Å². The van der Waals surface area contributed by atoms with Gasteiger partial charge in [-0.2, -0.15) is 26.3 Å². The molecule has 1 aliphatic heterocycles. The summed E-state index contributed by atoms with van der Waals surface area (Å²) in [5, 5.41) is 0. The second-order valence-corrected chi connectivity index (χ2v) is 14.2. The van der Waals surface area contributed by atoms with Gasteiger partial charge >= 0.3 is 19.8 Å². The van der Waals surface area contributed by atoms with Crippen LogP contribution in [0.3, 0.4) is 0 Å². The third-order valence-electron chi connectivity index (χ3n) is 5.78. The molecule has 0 saturated carbocycles. The van der Waals surface area contributed by atoms with Gasteiger partial charge in [0.15, 0.2) is 20.0 Å². The van der Waals surface area contributed by atoms with Gasteiger partial charge in [0.25, 0.3) is 0 Å². The van der Waals surface area contributed by atoms with Crippen molar-refractivity contribution in [3.63, 3.8) is 0 Å². The molecule has 0 aliphatic carbocycles. The van der Waals surface area contributed by atoms with Crippen LogP contribution >= 0.6 is 0 Å². The minimum absolute atomic E-state index is 0.770. The van der Waals surface area contributed by atoms with Crippen molar-refractivity contribution in [2.75, 3.05) is 41.0 Å². The molecule has 0 aromatic rings. The normalized spacial score (nSPS) is 18.3. The van der Waals surface area contributed by atoms with Crippen LogP contribution in [0.5, 0.6) is 0 Å². The van der Waals surface area contributed by atoms with E-state index in [1.165, 1.54) is 43.4 Å². The van der Waals surface area contributed by atoms with Crippen molar-refractivity contribution < 1.29 is 60.9 Å². The van der Waals surface area contributed by atoms with Crippen LogP contribution in [0.25, 0.3) is 4.13 Å². The highest BCUT2D eigenvalue weighted by Gasteiger charge is 2.47. The van der Waals surface area contributed by atoms with E-state index in [1.807, 2.05) is 0 Å². The predicted molar refractivity (Wildman–Crippen MR) is 113 cm³/mol. The van der Waals surface area contributed by atoms with Crippen molar-refractivity contribution in [1.82, 2.24) is 0 Å². The molecule has 0 aromatic carbocycles. The molecule has 18 heteroatoms. The first-order valence-electron chi connectivity index (χ1n) is 10.2. The number of halogens is 6. The zero-order valence-corrected chi connectivity index (χ0v) is 22.2. The lowest BCUT2D eigenvalue weighted by atomic mass is 10.1. The lowest BCUT2D eigenvalue weighted by Gasteiger charge is -2.40. The SMILES string of the molecule is CCC(C)[N+]1(CCC[Si](OC)(OC)OC)CCCC1.O=S(=O)([N-]S(=O)(=O)C(F)(F)F)C(F)(F)F. The topological polar surface area (TPSA) is 110 Å². The zero-order chi connectivity index (χ0) is 27.1. The summed E-state index contributed by atoms with van der Waals surface area (Å²) in [6, 6.07) is 1.69. The molecule has 0 aromatic heterocycles. The smallest absolute Gasteiger partial charge is 0.421 e. The molecular formula is C16H32F6N2O7S2Si. The lowest BCUT2D eigenvalue weighted by Crippen LogP contribution is -2.53. The monoisotopic (exact) mass is 570 g/mol. The Balaban J connectivity index is 0.000000661. The maximum Gasteiger partial charge on any atom is 0.500 e. The number of alkyl halides is 6. The largest absolute Gasteiger partial charge is 0.500 e. The third kappa shape index (κ3) is 8.86. The highest BCUT2D eigenvalue weighted by atomic mass is 32.3. The minimum Gasteiger partial charge on any atom is -0.421 e. The van der Waals surface area contributed by atoms with Crippen LogP contribution in [-0.4, -0.2) is 88.1 Å². The zero-order valence-electron chi connectivity index (χ0n) is 19.6. The second kappa shape index (κ2) is 12.6. The first-order valence-corrected chi connectivity index (χ1v) is 15.0.